The Morgan fingerprint density at radius 2 is 2.00 bits per heavy atom. The lowest BCUT2D eigenvalue weighted by molar-refractivity contribution is -0.812. The van der Waals surface area contributed by atoms with Crippen molar-refractivity contribution in [3.63, 3.8) is 0 Å². The van der Waals surface area contributed by atoms with E-state index >= 15 is 0 Å². The van der Waals surface area contributed by atoms with Gasteiger partial charge in [-0.05, 0) is 11.6 Å². The second-order valence-electron chi connectivity index (χ2n) is 3.88. The lowest BCUT2D eigenvalue weighted by atomic mass is 10.1. The summed E-state index contributed by atoms with van der Waals surface area (Å²) in [6.45, 7) is 0. The van der Waals surface area contributed by atoms with Crippen molar-refractivity contribution in [2.24, 2.45) is 10.8 Å². The van der Waals surface area contributed by atoms with Gasteiger partial charge in [-0.2, -0.15) is 10.3 Å². The molecule has 92 valence electrons. The van der Waals surface area contributed by atoms with E-state index in [1.165, 1.54) is 0 Å². The Balaban J connectivity index is 2.11. The molecule has 5 N–H and O–H groups in total. The number of nitrogens with two attached hydrogens (primary N) is 1. The average molecular weight is 246 g/mol. The molecule has 1 aromatic carbocycles. The van der Waals surface area contributed by atoms with Gasteiger partial charge in [-0.3, -0.25) is 10.2 Å². The van der Waals surface area contributed by atoms with Crippen LogP contribution in [0.3, 0.4) is 0 Å². The van der Waals surface area contributed by atoms with Crippen LogP contribution < -0.4 is 16.0 Å². The van der Waals surface area contributed by atoms with Gasteiger partial charge in [0.2, 0.25) is 11.4 Å². The number of benzene rings is 1. The summed E-state index contributed by atoms with van der Waals surface area (Å²) in [5.41, 5.74) is 7.57. The maximum absolute atomic E-state index is 11.7. The third kappa shape index (κ3) is 1.57. The predicted molar refractivity (Wildman–Crippen MR) is 63.6 cm³/mol. The van der Waals surface area contributed by atoms with Gasteiger partial charge in [0.15, 0.2) is 0 Å². The van der Waals surface area contributed by atoms with Crippen LogP contribution in [-0.4, -0.2) is 16.2 Å². The van der Waals surface area contributed by atoms with Crippen LogP contribution in [0.4, 0.5) is 11.4 Å². The Morgan fingerprint density at radius 1 is 1.17 bits per heavy atom. The third-order valence-corrected chi connectivity index (χ3v) is 2.78. The van der Waals surface area contributed by atoms with Gasteiger partial charge in [-0.15, -0.1) is 0 Å². The number of rotatable bonds is 1. The Morgan fingerprint density at radius 3 is 2.72 bits per heavy atom. The lowest BCUT2D eigenvalue weighted by Gasteiger charge is -2.28. The van der Waals surface area contributed by atoms with Gasteiger partial charge in [0.25, 0.3) is 0 Å². The first-order chi connectivity index (χ1) is 8.66. The number of quaternary nitrogens is 2. The van der Waals surface area contributed by atoms with Crippen molar-refractivity contribution in [1.29, 1.82) is 0 Å². The zero-order valence-electron chi connectivity index (χ0n) is 9.18. The molecule has 3 rings (SSSR count). The van der Waals surface area contributed by atoms with E-state index in [9.17, 15) is 10.4 Å². The van der Waals surface area contributed by atoms with Crippen LogP contribution in [-0.2, 0) is 0 Å². The highest BCUT2D eigenvalue weighted by atomic mass is 16.5. The van der Waals surface area contributed by atoms with Gasteiger partial charge in [-0.1, -0.05) is 0 Å². The Kier molecular flexibility index (Phi) is 2.35. The van der Waals surface area contributed by atoms with E-state index in [0.717, 1.165) is 11.1 Å². The summed E-state index contributed by atoms with van der Waals surface area (Å²) in [5, 5.41) is 32.6. The second kappa shape index (κ2) is 3.89. The summed E-state index contributed by atoms with van der Waals surface area (Å²) in [6, 6.07) is 4.95. The van der Waals surface area contributed by atoms with E-state index in [2.05, 4.69) is 15.3 Å². The minimum Gasteiger partial charge on any atom is -0.621 e. The van der Waals surface area contributed by atoms with Gasteiger partial charge in [-0.25, -0.2) is 0 Å². The summed E-state index contributed by atoms with van der Waals surface area (Å²) in [7, 11) is 0. The molecule has 0 amide bonds. The largest absolute Gasteiger partial charge is 0.621 e. The molecule has 0 radical (unpaired) electrons. The zero-order chi connectivity index (χ0) is 12.7. The molecule has 0 aliphatic carbocycles. The van der Waals surface area contributed by atoms with Crippen LogP contribution in [0.15, 0.2) is 35.7 Å². The number of H-pyrrole nitrogens is 1. The lowest BCUT2D eigenvalue weighted by Crippen LogP contribution is -3.14. The molecular weight excluding hydrogens is 236 g/mol. The van der Waals surface area contributed by atoms with Crippen molar-refractivity contribution in [3.8, 4) is 11.1 Å². The summed E-state index contributed by atoms with van der Waals surface area (Å²) in [5.74, 6) is -0.261. The molecule has 2 unspecified atom stereocenters. The Bertz CT molecular complexity index is 609. The number of nitrogens with one attached hydrogen (secondary N) is 3. The monoisotopic (exact) mass is 246 g/mol. The molecule has 1 aliphatic rings. The Labute approximate surface area is 101 Å². The van der Waals surface area contributed by atoms with Crippen molar-refractivity contribution in [3.05, 3.63) is 41.0 Å². The number of guanidine groups is 1. The molecule has 1 aliphatic heterocycles. The molecule has 18 heavy (non-hydrogen) atoms. The molecule has 0 spiro atoms. The maximum atomic E-state index is 11.7. The molecule has 2 heterocycles. The fourth-order valence-electron chi connectivity index (χ4n) is 1.87. The first kappa shape index (κ1) is 10.9. The quantitative estimate of drug-likeness (QED) is 0.450. The predicted octanol–water partition coefficient (Wildman–Crippen LogP) is -1.65. The van der Waals surface area contributed by atoms with Crippen LogP contribution in [0, 0.1) is 10.4 Å². The highest BCUT2D eigenvalue weighted by Gasteiger charge is 2.26. The van der Waals surface area contributed by atoms with Crippen LogP contribution in [0.2, 0.25) is 0 Å². The van der Waals surface area contributed by atoms with E-state index in [1.54, 1.807) is 30.6 Å². The normalized spacial score (nSPS) is 22.4. The standard InChI is InChI=1S/C10H10N6O2/c11-10-14-16(18)9-3-6(7-4-12-13-5-7)1-2-8(9)15(10)17/h1-5,15-16H,(H2,11,14)(H,12,13). The molecule has 1 aromatic heterocycles. The molecule has 8 nitrogen and oxygen atoms in total. The number of hydroxylamine groups is 1. The molecule has 0 bridgehead atoms. The SMILES string of the molecule is NC1=N[NH+]([O-])c2cc(-c3cn[nH]c3)ccc2[NH+]1[O-]. The van der Waals surface area contributed by atoms with Gasteiger partial charge < -0.3 is 16.1 Å². The number of hydrogen-bond donors (Lipinski definition) is 4. The van der Waals surface area contributed by atoms with Crippen LogP contribution >= 0.6 is 0 Å². The fraction of sp³-hybridized carbons (Fsp3) is 0. The topological polar surface area (TPSA) is 122 Å². The first-order valence-electron chi connectivity index (χ1n) is 5.23. The number of aromatic amines is 1. The number of nitrogens with zero attached hydrogens (tertiary/aromatic N) is 2. The molecule has 2 aromatic rings. The molecule has 0 saturated heterocycles. The van der Waals surface area contributed by atoms with Gasteiger partial charge in [0, 0.05) is 29.0 Å². The molecule has 0 saturated carbocycles. The zero-order valence-corrected chi connectivity index (χ0v) is 9.18. The number of hydrogen-bond acceptors (Lipinski definition) is 5. The van der Waals surface area contributed by atoms with Crippen molar-refractivity contribution in [2.45, 2.75) is 0 Å². The van der Waals surface area contributed by atoms with Crippen molar-refractivity contribution in [2.75, 3.05) is 0 Å². The molecule has 8 heteroatoms. The highest BCUT2D eigenvalue weighted by Crippen LogP contribution is 2.24. The number of fused-ring (bicyclic) bond motifs is 1. The molecule has 0 fully saturated rings. The summed E-state index contributed by atoms with van der Waals surface area (Å²) in [4.78, 5) is 0. The molecule has 2 atom stereocenters. The van der Waals surface area contributed by atoms with E-state index in [0.29, 0.717) is 5.69 Å². The van der Waals surface area contributed by atoms with Gasteiger partial charge in [0.05, 0.1) is 6.20 Å². The highest BCUT2D eigenvalue weighted by molar-refractivity contribution is 5.77. The van der Waals surface area contributed by atoms with Gasteiger partial charge in [0.1, 0.15) is 0 Å². The number of aromatic nitrogens is 2. The minimum absolute atomic E-state index is 0.261. The van der Waals surface area contributed by atoms with Crippen molar-refractivity contribution in [1.82, 2.24) is 10.2 Å². The van der Waals surface area contributed by atoms with Crippen molar-refractivity contribution < 1.29 is 10.2 Å². The Hall–Kier alpha value is -2.26. The first-order valence-corrected chi connectivity index (χ1v) is 5.23. The van der Waals surface area contributed by atoms with E-state index < -0.39 is 10.2 Å². The summed E-state index contributed by atoms with van der Waals surface area (Å²) >= 11 is 0. The van der Waals surface area contributed by atoms with E-state index in [4.69, 9.17) is 5.73 Å². The summed E-state index contributed by atoms with van der Waals surface area (Å²) < 4.78 is 0. The molecular formula is C10H10N6O2. The fourth-order valence-corrected chi connectivity index (χ4v) is 1.87. The average Bonchev–Trinajstić information content (AvgIpc) is 2.89. The maximum Gasteiger partial charge on any atom is 0.351 e. The van der Waals surface area contributed by atoms with Gasteiger partial charge >= 0.3 is 5.96 Å². The minimum atomic E-state index is -0.493. The van der Waals surface area contributed by atoms with E-state index in [1.807, 2.05) is 0 Å². The van der Waals surface area contributed by atoms with E-state index in [-0.39, 0.29) is 11.6 Å². The smallest absolute Gasteiger partial charge is 0.351 e. The van der Waals surface area contributed by atoms with Crippen LogP contribution in [0.1, 0.15) is 0 Å². The van der Waals surface area contributed by atoms with Crippen LogP contribution in [0.25, 0.3) is 11.1 Å². The van der Waals surface area contributed by atoms with Crippen molar-refractivity contribution >= 4 is 17.3 Å². The third-order valence-electron chi connectivity index (χ3n) is 2.78. The summed E-state index contributed by atoms with van der Waals surface area (Å²) in [6.07, 6.45) is 3.34. The van der Waals surface area contributed by atoms with Crippen LogP contribution in [0.5, 0.6) is 0 Å². The second-order valence-corrected chi connectivity index (χ2v) is 3.88.